The number of hydrogen-bond acceptors (Lipinski definition) is 3. The Kier molecular flexibility index (Phi) is 1.68. The second-order valence-electron chi connectivity index (χ2n) is 0.289. The molecule has 0 bridgehead atoms. The summed E-state index contributed by atoms with van der Waals surface area (Å²) >= 11 is -4.23. The fraction of sp³-hybridized carbons (Fsp3) is 0. The minimum atomic E-state index is -4.23. The van der Waals surface area contributed by atoms with Crippen LogP contribution in [0.25, 0.3) is 0 Å². The van der Waals surface area contributed by atoms with Crippen LogP contribution in [-0.4, -0.2) is 0 Å². The van der Waals surface area contributed by atoms with E-state index in [0.717, 1.165) is 0 Å². The van der Waals surface area contributed by atoms with Gasteiger partial charge in [-0.3, -0.25) is 0 Å². The summed E-state index contributed by atoms with van der Waals surface area (Å²) in [5.74, 6) is 0. The Labute approximate surface area is 30.5 Å². The van der Waals surface area contributed by atoms with Crippen LogP contribution in [0.5, 0.6) is 0 Å². The summed E-state index contributed by atoms with van der Waals surface area (Å²) < 4.78 is 25.8. The van der Waals surface area contributed by atoms with Crippen LogP contribution in [0.2, 0.25) is 0 Å². The zero-order chi connectivity index (χ0) is 3.58. The van der Waals surface area contributed by atoms with Crippen molar-refractivity contribution < 1.29 is 30.0 Å². The van der Waals surface area contributed by atoms with Crippen molar-refractivity contribution >= 4 is 0 Å². The van der Waals surface area contributed by atoms with E-state index in [-0.39, 0.29) is 0 Å². The normalized spacial score (nSPS) is 3.75. The van der Waals surface area contributed by atoms with E-state index in [4.69, 9.17) is 8.56 Å². The molecule has 0 saturated heterocycles. The van der Waals surface area contributed by atoms with E-state index in [0.29, 0.717) is 0 Å². The predicted molar refractivity (Wildman–Crippen MR) is 2.06 cm³/mol. The fourth-order valence-corrected chi connectivity index (χ4v) is 0. The van der Waals surface area contributed by atoms with E-state index in [1.54, 1.807) is 0 Å². The molecule has 0 rings (SSSR count). The van der Waals surface area contributed by atoms with Gasteiger partial charge in [-0.1, -0.05) is 0 Å². The van der Waals surface area contributed by atoms with Gasteiger partial charge < -0.3 is 0 Å². The zero-order valence-electron chi connectivity index (χ0n) is 1.80. The molecule has 0 aromatic carbocycles. The fourth-order valence-electron chi connectivity index (χ4n) is 0. The van der Waals surface area contributed by atoms with E-state index in [1.165, 1.54) is 0 Å². The quantitative estimate of drug-likeness (QED) is 0.411. The van der Waals surface area contributed by atoms with Crippen molar-refractivity contribution in [1.29, 1.82) is 0 Å². The third-order valence-electron chi connectivity index (χ3n) is 0. The van der Waals surface area contributed by atoms with E-state index in [1.807, 2.05) is 0 Å². The predicted octanol–water partition coefficient (Wildman–Crippen LogP) is -0.359. The Hall–Kier alpha value is 0.270. The number of rotatable bonds is 0. The Morgan fingerprint density at radius 3 is 1.00 bits per heavy atom. The van der Waals surface area contributed by atoms with Crippen LogP contribution in [0, 0.1) is 0 Å². The average molecular weight is 93.0 g/mol. The van der Waals surface area contributed by atoms with Gasteiger partial charge >= 0.3 is 30.0 Å². The maximum atomic E-state index is 8.60. The minimum absolute atomic E-state index is 4.23. The first-order valence-electron chi connectivity index (χ1n) is 0.707. The van der Waals surface area contributed by atoms with Crippen LogP contribution in [0.1, 0.15) is 0 Å². The molecule has 0 heterocycles. The summed E-state index contributed by atoms with van der Waals surface area (Å²) in [7, 11) is 0. The third-order valence-corrected chi connectivity index (χ3v) is 0. The summed E-state index contributed by atoms with van der Waals surface area (Å²) in [6, 6.07) is 0. The number of hydrogen-bond donors (Lipinski definition) is 0. The molecule has 0 fully saturated rings. The van der Waals surface area contributed by atoms with E-state index < -0.39 is 21.4 Å². The third kappa shape index (κ3) is 50.2. The van der Waals surface area contributed by atoms with Gasteiger partial charge in [0.15, 0.2) is 0 Å². The first-order valence-corrected chi connectivity index (χ1v) is 2.92. The van der Waals surface area contributed by atoms with Gasteiger partial charge in [0.25, 0.3) is 0 Å². The Bertz CT molecular complexity index is 72.7. The van der Waals surface area contributed by atoms with Crippen molar-refractivity contribution in [3.05, 3.63) is 0 Å². The Morgan fingerprint density at radius 2 is 1.00 bits per heavy atom. The van der Waals surface area contributed by atoms with Crippen molar-refractivity contribution in [1.82, 2.24) is 0 Å². The molecule has 0 aliphatic rings. The molecule has 0 aromatic rings. The standard InChI is InChI=1S/3O.Sc. The molecule has 0 N–H and O–H groups in total. The summed E-state index contributed by atoms with van der Waals surface area (Å²) in [6.45, 7) is 0. The second-order valence-corrected chi connectivity index (χ2v) is 1.19. The summed E-state index contributed by atoms with van der Waals surface area (Å²) in [5, 5.41) is 0. The van der Waals surface area contributed by atoms with Crippen LogP contribution < -0.4 is 0 Å². The molecule has 0 amide bonds. The molecule has 3 nitrogen and oxygen atoms in total. The van der Waals surface area contributed by atoms with E-state index >= 15 is 0 Å². The second kappa shape index (κ2) is 1.58. The molecule has 4 heavy (non-hydrogen) atoms. The van der Waals surface area contributed by atoms with Gasteiger partial charge in [-0.2, -0.15) is 0 Å². The zero-order valence-corrected chi connectivity index (χ0v) is 3.61. The summed E-state index contributed by atoms with van der Waals surface area (Å²) in [5.41, 5.74) is 0. The molecular formula is O3Sc. The summed E-state index contributed by atoms with van der Waals surface area (Å²) in [4.78, 5) is 0. The van der Waals surface area contributed by atoms with Gasteiger partial charge in [-0.05, 0) is 0 Å². The topological polar surface area (TPSA) is 51.2 Å². The van der Waals surface area contributed by atoms with Crippen LogP contribution in [0.15, 0.2) is 0 Å². The van der Waals surface area contributed by atoms with Crippen LogP contribution in [-0.2, 0) is 30.0 Å². The molecule has 4 heteroatoms. The monoisotopic (exact) mass is 92.9 g/mol. The molecule has 0 unspecified atom stereocenters. The molecule has 0 saturated carbocycles. The molecule has 0 radical (unpaired) electrons. The Balaban J connectivity index is 4.65. The Morgan fingerprint density at radius 1 is 1.00 bits per heavy atom. The van der Waals surface area contributed by atoms with Gasteiger partial charge in [0, 0.05) is 0 Å². The average Bonchev–Trinajstić information content (AvgIpc) is 0.811. The van der Waals surface area contributed by atoms with Gasteiger partial charge in [0.05, 0.1) is 0 Å². The first-order chi connectivity index (χ1) is 1.73. The molecule has 0 spiro atoms. The molecule has 0 atom stereocenters. The van der Waals surface area contributed by atoms with Gasteiger partial charge in [0.2, 0.25) is 0 Å². The van der Waals surface area contributed by atoms with Crippen LogP contribution in [0.3, 0.4) is 0 Å². The van der Waals surface area contributed by atoms with Crippen LogP contribution in [0.4, 0.5) is 0 Å². The van der Waals surface area contributed by atoms with Gasteiger partial charge in [-0.15, -0.1) is 0 Å². The van der Waals surface area contributed by atoms with Crippen LogP contribution >= 0.6 is 0 Å². The maximum absolute atomic E-state index is 8.60. The van der Waals surface area contributed by atoms with Crippen molar-refractivity contribution in [3.63, 3.8) is 0 Å². The van der Waals surface area contributed by atoms with E-state index in [2.05, 4.69) is 0 Å². The van der Waals surface area contributed by atoms with Gasteiger partial charge in [0.1, 0.15) is 0 Å². The van der Waals surface area contributed by atoms with Crippen molar-refractivity contribution in [3.8, 4) is 0 Å². The molecule has 0 aromatic heterocycles. The molecule has 21 valence electrons. The first kappa shape index (κ1) is 4.27. The van der Waals surface area contributed by atoms with Crippen molar-refractivity contribution in [2.75, 3.05) is 0 Å². The summed E-state index contributed by atoms with van der Waals surface area (Å²) in [6.07, 6.45) is 0. The van der Waals surface area contributed by atoms with Crippen molar-refractivity contribution in [2.24, 2.45) is 0 Å². The van der Waals surface area contributed by atoms with Gasteiger partial charge in [-0.25, -0.2) is 0 Å². The SMILES string of the molecule is [O]=[Sc](=[O])=[O]. The molecular weight excluding hydrogens is 93.0 g/mol. The van der Waals surface area contributed by atoms with E-state index in [9.17, 15) is 0 Å². The molecule has 0 aliphatic heterocycles. The molecule has 0 aliphatic carbocycles. The van der Waals surface area contributed by atoms with Crippen molar-refractivity contribution in [2.45, 2.75) is 0 Å².